The summed E-state index contributed by atoms with van der Waals surface area (Å²) in [5, 5.41) is 13.2. The maximum Gasteiger partial charge on any atom is 0.0966 e. The number of rotatable bonds is 2. The summed E-state index contributed by atoms with van der Waals surface area (Å²) < 4.78 is 0. The van der Waals surface area contributed by atoms with E-state index >= 15 is 0 Å². The van der Waals surface area contributed by atoms with Gasteiger partial charge in [0.1, 0.15) is 0 Å². The molecule has 104 valence electrons. The van der Waals surface area contributed by atoms with Crippen LogP contribution in [0.15, 0.2) is 6.20 Å². The van der Waals surface area contributed by atoms with Gasteiger partial charge in [-0.2, -0.15) is 0 Å². The molecular formula is C14H22N4O. The Labute approximate surface area is 113 Å². The summed E-state index contributed by atoms with van der Waals surface area (Å²) in [7, 11) is 1.92. The molecule has 3 rings (SSSR count). The molecule has 1 aliphatic carbocycles. The van der Waals surface area contributed by atoms with E-state index in [4.69, 9.17) is 5.73 Å². The van der Waals surface area contributed by atoms with Crippen molar-refractivity contribution in [2.45, 2.75) is 37.8 Å². The van der Waals surface area contributed by atoms with Crippen LogP contribution in [0.25, 0.3) is 0 Å². The third-order valence-corrected chi connectivity index (χ3v) is 4.21. The lowest BCUT2D eigenvalue weighted by Gasteiger charge is -2.35. The van der Waals surface area contributed by atoms with Gasteiger partial charge in [0, 0.05) is 31.7 Å². The molecule has 1 aromatic heterocycles. The van der Waals surface area contributed by atoms with E-state index in [1.807, 2.05) is 13.2 Å². The van der Waals surface area contributed by atoms with Gasteiger partial charge in [-0.1, -0.05) is 0 Å². The summed E-state index contributed by atoms with van der Waals surface area (Å²) in [5.74, 6) is 0. The van der Waals surface area contributed by atoms with Gasteiger partial charge in [-0.05, 0) is 25.7 Å². The minimum absolute atomic E-state index is 0.244. The smallest absolute Gasteiger partial charge is 0.0966 e. The van der Waals surface area contributed by atoms with Crippen LogP contribution in [0.5, 0.6) is 0 Å². The van der Waals surface area contributed by atoms with Crippen LogP contribution in [0, 0.1) is 0 Å². The fourth-order valence-corrected chi connectivity index (χ4v) is 3.27. The molecule has 2 unspecified atom stereocenters. The van der Waals surface area contributed by atoms with Crippen LogP contribution in [-0.2, 0) is 6.42 Å². The lowest BCUT2D eigenvalue weighted by molar-refractivity contribution is 0.176. The van der Waals surface area contributed by atoms with E-state index in [0.29, 0.717) is 0 Å². The van der Waals surface area contributed by atoms with Gasteiger partial charge >= 0.3 is 0 Å². The summed E-state index contributed by atoms with van der Waals surface area (Å²) in [5.41, 5.74) is 10.4. The summed E-state index contributed by atoms with van der Waals surface area (Å²) in [6.07, 6.45) is 5.34. The number of aliphatic hydroxyl groups excluding tert-OH is 1. The predicted octanol–water partition coefficient (Wildman–Crippen LogP) is 1.03. The number of nitrogens with one attached hydrogen (secondary N) is 1. The first-order valence-electron chi connectivity index (χ1n) is 7.09. The number of hydrogen-bond donors (Lipinski definition) is 3. The van der Waals surface area contributed by atoms with E-state index in [2.05, 4.69) is 15.2 Å². The number of nitrogens with zero attached hydrogens (tertiary/aromatic N) is 2. The van der Waals surface area contributed by atoms with Crippen LogP contribution >= 0.6 is 0 Å². The largest absolute Gasteiger partial charge is 0.387 e. The minimum atomic E-state index is -0.405. The zero-order chi connectivity index (χ0) is 13.4. The summed E-state index contributed by atoms with van der Waals surface area (Å²) in [6, 6.07) is 0.244. The van der Waals surface area contributed by atoms with E-state index in [-0.39, 0.29) is 6.04 Å². The number of nitrogens with two attached hydrogens (primary N) is 1. The van der Waals surface area contributed by atoms with Crippen LogP contribution in [0.2, 0.25) is 0 Å². The number of aliphatic hydroxyl groups is 1. The molecule has 0 saturated carbocycles. The number of aromatic nitrogens is 1. The SMILES string of the molecule is CNc1cnc2c(c1N1CCCC(N)C1)CCC2O. The van der Waals surface area contributed by atoms with Crippen LogP contribution in [-0.4, -0.2) is 36.3 Å². The van der Waals surface area contributed by atoms with Crippen molar-refractivity contribution in [1.82, 2.24) is 4.98 Å². The minimum Gasteiger partial charge on any atom is -0.387 e. The average Bonchev–Trinajstić information content (AvgIpc) is 2.79. The third kappa shape index (κ3) is 2.17. The zero-order valence-corrected chi connectivity index (χ0v) is 11.4. The monoisotopic (exact) mass is 262 g/mol. The van der Waals surface area contributed by atoms with Crippen molar-refractivity contribution in [3.63, 3.8) is 0 Å². The molecule has 19 heavy (non-hydrogen) atoms. The molecule has 5 heteroatoms. The topological polar surface area (TPSA) is 74.4 Å². The van der Waals surface area contributed by atoms with Crippen molar-refractivity contribution in [2.75, 3.05) is 30.4 Å². The van der Waals surface area contributed by atoms with E-state index in [0.717, 1.165) is 50.2 Å². The van der Waals surface area contributed by atoms with E-state index in [1.54, 1.807) is 0 Å². The lowest BCUT2D eigenvalue weighted by Crippen LogP contribution is -2.43. The number of hydrogen-bond acceptors (Lipinski definition) is 5. The van der Waals surface area contributed by atoms with Crippen LogP contribution in [0.3, 0.4) is 0 Å². The van der Waals surface area contributed by atoms with Crippen molar-refractivity contribution in [3.05, 3.63) is 17.5 Å². The second-order valence-electron chi connectivity index (χ2n) is 5.54. The molecule has 0 amide bonds. The predicted molar refractivity (Wildman–Crippen MR) is 76.5 cm³/mol. The Bertz CT molecular complexity index is 477. The molecule has 0 radical (unpaired) electrons. The van der Waals surface area contributed by atoms with Crippen LogP contribution < -0.4 is 16.0 Å². The van der Waals surface area contributed by atoms with Gasteiger partial charge in [0.25, 0.3) is 0 Å². The summed E-state index contributed by atoms with van der Waals surface area (Å²) in [4.78, 5) is 6.77. The maximum absolute atomic E-state index is 9.99. The fourth-order valence-electron chi connectivity index (χ4n) is 3.27. The standard InChI is InChI=1S/C14H22N4O/c1-16-11-7-17-13-10(4-5-12(13)19)14(11)18-6-2-3-9(15)8-18/h7,9,12,16,19H,2-6,8,15H2,1H3. The fraction of sp³-hybridized carbons (Fsp3) is 0.643. The highest BCUT2D eigenvalue weighted by Crippen LogP contribution is 2.40. The van der Waals surface area contributed by atoms with E-state index in [1.165, 1.54) is 11.3 Å². The zero-order valence-electron chi connectivity index (χ0n) is 11.4. The molecule has 0 aromatic carbocycles. The molecule has 1 saturated heterocycles. The molecule has 0 bridgehead atoms. The van der Waals surface area contributed by atoms with E-state index in [9.17, 15) is 5.11 Å². The van der Waals surface area contributed by atoms with Gasteiger partial charge in [0.05, 0.1) is 29.4 Å². The maximum atomic E-state index is 9.99. The van der Waals surface area contributed by atoms with Crippen molar-refractivity contribution in [2.24, 2.45) is 5.73 Å². The molecule has 2 aliphatic rings. The molecule has 2 atom stereocenters. The van der Waals surface area contributed by atoms with Crippen LogP contribution in [0.4, 0.5) is 11.4 Å². The number of fused-ring (bicyclic) bond motifs is 1. The van der Waals surface area contributed by atoms with Crippen molar-refractivity contribution >= 4 is 11.4 Å². The summed E-state index contributed by atoms with van der Waals surface area (Å²) in [6.45, 7) is 1.93. The normalized spacial score (nSPS) is 26.4. The second-order valence-corrected chi connectivity index (χ2v) is 5.54. The van der Waals surface area contributed by atoms with Crippen molar-refractivity contribution < 1.29 is 5.11 Å². The number of piperidine rings is 1. The quantitative estimate of drug-likeness (QED) is 0.742. The van der Waals surface area contributed by atoms with Gasteiger partial charge in [-0.25, -0.2) is 0 Å². The van der Waals surface area contributed by atoms with Crippen LogP contribution in [0.1, 0.15) is 36.6 Å². The Balaban J connectivity index is 2.03. The number of anilines is 2. The van der Waals surface area contributed by atoms with Gasteiger partial charge < -0.3 is 21.1 Å². The average molecular weight is 262 g/mol. The first kappa shape index (κ1) is 12.7. The third-order valence-electron chi connectivity index (χ3n) is 4.21. The molecule has 2 heterocycles. The Kier molecular flexibility index (Phi) is 3.33. The first-order chi connectivity index (χ1) is 9.20. The summed E-state index contributed by atoms with van der Waals surface area (Å²) >= 11 is 0. The molecule has 5 nitrogen and oxygen atoms in total. The Hall–Kier alpha value is -1.33. The van der Waals surface area contributed by atoms with Crippen molar-refractivity contribution in [3.8, 4) is 0 Å². The van der Waals surface area contributed by atoms with Crippen molar-refractivity contribution in [1.29, 1.82) is 0 Å². The lowest BCUT2D eigenvalue weighted by atomic mass is 10.0. The molecule has 1 aliphatic heterocycles. The molecule has 1 aromatic rings. The van der Waals surface area contributed by atoms with Gasteiger partial charge in [-0.3, -0.25) is 4.98 Å². The van der Waals surface area contributed by atoms with Gasteiger partial charge in [0.15, 0.2) is 0 Å². The second kappa shape index (κ2) is 4.98. The highest BCUT2D eigenvalue weighted by molar-refractivity contribution is 5.74. The number of pyridine rings is 1. The van der Waals surface area contributed by atoms with Gasteiger partial charge in [-0.15, -0.1) is 0 Å². The highest BCUT2D eigenvalue weighted by atomic mass is 16.3. The Morgan fingerprint density at radius 3 is 3.05 bits per heavy atom. The molecular weight excluding hydrogens is 240 g/mol. The highest BCUT2D eigenvalue weighted by Gasteiger charge is 2.29. The van der Waals surface area contributed by atoms with E-state index < -0.39 is 6.10 Å². The molecule has 4 N–H and O–H groups in total. The first-order valence-corrected chi connectivity index (χ1v) is 7.09. The Morgan fingerprint density at radius 1 is 1.47 bits per heavy atom. The van der Waals surface area contributed by atoms with Gasteiger partial charge in [0.2, 0.25) is 0 Å². The molecule has 0 spiro atoms. The molecule has 1 fully saturated rings. The Morgan fingerprint density at radius 2 is 2.32 bits per heavy atom.